The summed E-state index contributed by atoms with van der Waals surface area (Å²) in [4.78, 5) is 23.7. The van der Waals surface area contributed by atoms with Crippen LogP contribution >= 0.6 is 11.8 Å². The highest BCUT2D eigenvalue weighted by Gasteiger charge is 2.37. The van der Waals surface area contributed by atoms with Crippen LogP contribution < -0.4 is 10.6 Å². The van der Waals surface area contributed by atoms with Gasteiger partial charge < -0.3 is 10.6 Å². The van der Waals surface area contributed by atoms with Crippen LogP contribution in [0.3, 0.4) is 0 Å². The van der Waals surface area contributed by atoms with Crippen molar-refractivity contribution in [3.63, 3.8) is 0 Å². The Hall–Kier alpha value is -1.57. The summed E-state index contributed by atoms with van der Waals surface area (Å²) < 4.78 is 1.18. The summed E-state index contributed by atoms with van der Waals surface area (Å²) in [6.07, 6.45) is 3.31. The molecule has 104 valence electrons. The molecule has 2 heterocycles. The van der Waals surface area contributed by atoms with Crippen molar-refractivity contribution in [2.24, 2.45) is 0 Å². The highest BCUT2D eigenvalue weighted by atomic mass is 32.2. The predicted molar refractivity (Wildman–Crippen MR) is 71.5 cm³/mol. The van der Waals surface area contributed by atoms with Crippen LogP contribution in [0.1, 0.15) is 13.8 Å². The molecule has 2 rings (SSSR count). The molecule has 7 nitrogen and oxygen atoms in total. The fourth-order valence-corrected chi connectivity index (χ4v) is 2.65. The zero-order chi connectivity index (χ0) is 13.9. The molecule has 0 aliphatic carbocycles. The van der Waals surface area contributed by atoms with Gasteiger partial charge in [-0.25, -0.2) is 0 Å². The molecule has 0 radical (unpaired) electrons. The van der Waals surface area contributed by atoms with Crippen molar-refractivity contribution in [1.29, 1.82) is 0 Å². The maximum absolute atomic E-state index is 11.9. The summed E-state index contributed by atoms with van der Waals surface area (Å²) in [6.45, 7) is 4.73. The van der Waals surface area contributed by atoms with E-state index in [1.165, 1.54) is 11.8 Å². The zero-order valence-corrected chi connectivity index (χ0v) is 11.7. The van der Waals surface area contributed by atoms with E-state index in [4.69, 9.17) is 0 Å². The monoisotopic (exact) mass is 283 g/mol. The van der Waals surface area contributed by atoms with Crippen LogP contribution in [-0.4, -0.2) is 49.9 Å². The molecule has 1 aromatic rings. The van der Waals surface area contributed by atoms with Crippen molar-refractivity contribution in [2.75, 3.05) is 12.3 Å². The average Bonchev–Trinajstić information content (AvgIpc) is 2.85. The van der Waals surface area contributed by atoms with Gasteiger partial charge in [0, 0.05) is 18.5 Å². The fraction of sp³-hybridized carbons (Fsp3) is 0.636. The average molecular weight is 283 g/mol. The lowest BCUT2D eigenvalue weighted by Gasteiger charge is -2.32. The largest absolute Gasteiger partial charge is 0.352 e. The second kappa shape index (κ2) is 5.60. The van der Waals surface area contributed by atoms with Crippen molar-refractivity contribution in [3.8, 4) is 0 Å². The minimum Gasteiger partial charge on any atom is -0.352 e. The minimum atomic E-state index is -0.461. The molecule has 0 bridgehead atoms. The maximum Gasteiger partial charge on any atom is 0.243 e. The first kappa shape index (κ1) is 13.9. The van der Waals surface area contributed by atoms with E-state index in [-0.39, 0.29) is 11.8 Å². The summed E-state index contributed by atoms with van der Waals surface area (Å²) in [5, 5.41) is 13.0. The SMILES string of the molecule is CC1(C)SCC(C(=O)NCCn2ccnn2)NC1=O. The number of carbonyl (C=O) groups is 2. The molecule has 19 heavy (non-hydrogen) atoms. The lowest BCUT2D eigenvalue weighted by molar-refractivity contribution is -0.129. The quantitative estimate of drug-likeness (QED) is 0.770. The van der Waals surface area contributed by atoms with Crippen molar-refractivity contribution >= 4 is 23.6 Å². The number of rotatable bonds is 4. The molecule has 0 saturated carbocycles. The molecule has 0 aromatic carbocycles. The van der Waals surface area contributed by atoms with Gasteiger partial charge >= 0.3 is 0 Å². The molecule has 1 aliphatic rings. The number of hydrogen-bond acceptors (Lipinski definition) is 5. The molecule has 1 fully saturated rings. The zero-order valence-electron chi connectivity index (χ0n) is 10.9. The van der Waals surface area contributed by atoms with Crippen LogP contribution in [0.4, 0.5) is 0 Å². The smallest absolute Gasteiger partial charge is 0.243 e. The Morgan fingerprint density at radius 1 is 1.68 bits per heavy atom. The molecular formula is C11H17N5O2S. The van der Waals surface area contributed by atoms with Gasteiger partial charge in [-0.15, -0.1) is 16.9 Å². The number of thioether (sulfide) groups is 1. The summed E-state index contributed by atoms with van der Waals surface area (Å²) in [7, 11) is 0. The number of carbonyl (C=O) groups excluding carboxylic acids is 2. The lowest BCUT2D eigenvalue weighted by atomic mass is 10.1. The first-order valence-corrected chi connectivity index (χ1v) is 7.04. The van der Waals surface area contributed by atoms with Crippen molar-refractivity contribution in [2.45, 2.75) is 31.2 Å². The van der Waals surface area contributed by atoms with E-state index in [9.17, 15) is 9.59 Å². The van der Waals surface area contributed by atoms with Gasteiger partial charge in [0.15, 0.2) is 0 Å². The number of aromatic nitrogens is 3. The summed E-state index contributed by atoms with van der Waals surface area (Å²) in [5.74, 6) is 0.338. The van der Waals surface area contributed by atoms with Gasteiger partial charge in [-0.05, 0) is 13.8 Å². The molecule has 2 amide bonds. The second-order valence-electron chi connectivity index (χ2n) is 4.80. The predicted octanol–water partition coefficient (Wildman–Crippen LogP) is -0.595. The molecule has 1 aromatic heterocycles. The topological polar surface area (TPSA) is 88.9 Å². The van der Waals surface area contributed by atoms with E-state index >= 15 is 0 Å². The van der Waals surface area contributed by atoms with Gasteiger partial charge in [-0.1, -0.05) is 5.21 Å². The molecule has 1 atom stereocenters. The number of nitrogens with zero attached hydrogens (tertiary/aromatic N) is 3. The first-order chi connectivity index (χ1) is 8.99. The summed E-state index contributed by atoms with van der Waals surface area (Å²) >= 11 is 1.50. The Morgan fingerprint density at radius 2 is 2.47 bits per heavy atom. The van der Waals surface area contributed by atoms with E-state index in [1.807, 2.05) is 13.8 Å². The van der Waals surface area contributed by atoms with Gasteiger partial charge in [0.25, 0.3) is 0 Å². The molecule has 2 N–H and O–H groups in total. The van der Waals surface area contributed by atoms with Crippen LogP contribution in [0.2, 0.25) is 0 Å². The summed E-state index contributed by atoms with van der Waals surface area (Å²) in [6, 6.07) is -0.457. The molecule has 1 unspecified atom stereocenters. The van der Waals surface area contributed by atoms with Gasteiger partial charge in [0.1, 0.15) is 6.04 Å². The third kappa shape index (κ3) is 3.46. The Labute approximate surface area is 115 Å². The normalized spacial score (nSPS) is 21.8. The van der Waals surface area contributed by atoms with Crippen LogP contribution in [-0.2, 0) is 16.1 Å². The fourth-order valence-electron chi connectivity index (χ4n) is 1.64. The van der Waals surface area contributed by atoms with Gasteiger partial charge in [0.05, 0.1) is 17.5 Å². The van der Waals surface area contributed by atoms with E-state index in [0.717, 1.165) is 0 Å². The highest BCUT2D eigenvalue weighted by Crippen LogP contribution is 2.28. The molecule has 1 saturated heterocycles. The standard InChI is InChI=1S/C11H17N5O2S/c1-11(2)10(18)14-8(7-19-11)9(17)12-3-5-16-6-4-13-15-16/h4,6,8H,3,5,7H2,1-2H3,(H,12,17)(H,14,18). The number of nitrogens with one attached hydrogen (secondary N) is 2. The van der Waals surface area contributed by atoms with Crippen molar-refractivity contribution in [1.82, 2.24) is 25.6 Å². The number of amides is 2. The van der Waals surface area contributed by atoms with E-state index < -0.39 is 10.8 Å². The molecule has 1 aliphatic heterocycles. The van der Waals surface area contributed by atoms with Crippen LogP contribution in [0.25, 0.3) is 0 Å². The van der Waals surface area contributed by atoms with Crippen molar-refractivity contribution < 1.29 is 9.59 Å². The molecule has 0 spiro atoms. The van der Waals surface area contributed by atoms with Crippen LogP contribution in [0, 0.1) is 0 Å². The summed E-state index contributed by atoms with van der Waals surface area (Å²) in [5.41, 5.74) is 0. The lowest BCUT2D eigenvalue weighted by Crippen LogP contribution is -2.57. The van der Waals surface area contributed by atoms with Crippen molar-refractivity contribution in [3.05, 3.63) is 12.4 Å². The maximum atomic E-state index is 11.9. The van der Waals surface area contributed by atoms with Gasteiger partial charge in [0.2, 0.25) is 11.8 Å². The highest BCUT2D eigenvalue weighted by molar-refractivity contribution is 8.01. The first-order valence-electron chi connectivity index (χ1n) is 6.06. The minimum absolute atomic E-state index is 0.0971. The van der Waals surface area contributed by atoms with E-state index in [0.29, 0.717) is 18.8 Å². The molecular weight excluding hydrogens is 266 g/mol. The van der Waals surface area contributed by atoms with Gasteiger partial charge in [-0.3, -0.25) is 14.3 Å². The van der Waals surface area contributed by atoms with E-state index in [2.05, 4.69) is 20.9 Å². The molecule has 8 heteroatoms. The Morgan fingerprint density at radius 3 is 3.11 bits per heavy atom. The Bertz CT molecular complexity index is 460. The van der Waals surface area contributed by atoms with E-state index in [1.54, 1.807) is 17.1 Å². The third-order valence-corrected chi connectivity index (χ3v) is 4.30. The third-order valence-electron chi connectivity index (χ3n) is 2.89. The van der Waals surface area contributed by atoms with Gasteiger partial charge in [-0.2, -0.15) is 0 Å². The second-order valence-corrected chi connectivity index (χ2v) is 6.45. The Kier molecular flexibility index (Phi) is 4.08. The Balaban J connectivity index is 1.76. The van der Waals surface area contributed by atoms with Crippen LogP contribution in [0.15, 0.2) is 12.4 Å². The number of hydrogen-bond donors (Lipinski definition) is 2. The van der Waals surface area contributed by atoms with Crippen LogP contribution in [0.5, 0.6) is 0 Å².